The maximum Gasteiger partial charge on any atom is 0.251 e. The van der Waals surface area contributed by atoms with Crippen molar-refractivity contribution in [3.05, 3.63) is 41.7 Å². The number of nitrogens with two attached hydrogens (primary N) is 1. The van der Waals surface area contributed by atoms with Gasteiger partial charge in [-0.05, 0) is 11.0 Å². The summed E-state index contributed by atoms with van der Waals surface area (Å²) in [5.74, 6) is 1.47. The van der Waals surface area contributed by atoms with Crippen molar-refractivity contribution in [1.29, 1.82) is 0 Å². The SMILES string of the molecule is CC(C)(C)c1ccc(-c2nc3nc(CN)cn3[nH]2)cc1. The van der Waals surface area contributed by atoms with Gasteiger partial charge < -0.3 is 5.73 Å². The van der Waals surface area contributed by atoms with E-state index in [1.807, 2.05) is 6.20 Å². The molecular formula is C15H19N5. The molecule has 0 saturated carbocycles. The first-order valence-electron chi connectivity index (χ1n) is 6.72. The highest BCUT2D eigenvalue weighted by molar-refractivity contribution is 5.57. The van der Waals surface area contributed by atoms with Crippen LogP contribution < -0.4 is 5.73 Å². The van der Waals surface area contributed by atoms with Crippen LogP contribution in [-0.2, 0) is 12.0 Å². The van der Waals surface area contributed by atoms with Gasteiger partial charge in [0.15, 0.2) is 5.82 Å². The number of benzene rings is 1. The van der Waals surface area contributed by atoms with Crippen LogP contribution in [0.2, 0.25) is 0 Å². The van der Waals surface area contributed by atoms with Crippen molar-refractivity contribution in [3.8, 4) is 11.4 Å². The molecule has 0 atom stereocenters. The molecule has 0 aliphatic rings. The molecule has 0 radical (unpaired) electrons. The second-order valence-corrected chi connectivity index (χ2v) is 6.01. The number of rotatable bonds is 2. The molecule has 3 N–H and O–H groups in total. The van der Waals surface area contributed by atoms with Crippen molar-refractivity contribution in [1.82, 2.24) is 19.6 Å². The molecule has 0 spiro atoms. The summed E-state index contributed by atoms with van der Waals surface area (Å²) in [4.78, 5) is 8.81. The molecule has 0 bridgehead atoms. The van der Waals surface area contributed by atoms with Crippen molar-refractivity contribution in [3.63, 3.8) is 0 Å². The second kappa shape index (κ2) is 4.45. The summed E-state index contributed by atoms with van der Waals surface area (Å²) in [6.45, 7) is 7.04. The van der Waals surface area contributed by atoms with Gasteiger partial charge in [-0.1, -0.05) is 45.0 Å². The summed E-state index contributed by atoms with van der Waals surface area (Å²) >= 11 is 0. The first-order chi connectivity index (χ1) is 9.47. The van der Waals surface area contributed by atoms with E-state index in [1.165, 1.54) is 5.56 Å². The first-order valence-corrected chi connectivity index (χ1v) is 6.72. The van der Waals surface area contributed by atoms with E-state index in [4.69, 9.17) is 5.73 Å². The predicted octanol–water partition coefficient (Wildman–Crippen LogP) is 2.48. The van der Waals surface area contributed by atoms with Crippen LogP contribution in [-0.4, -0.2) is 19.6 Å². The van der Waals surface area contributed by atoms with E-state index >= 15 is 0 Å². The zero-order chi connectivity index (χ0) is 14.3. The monoisotopic (exact) mass is 269 g/mol. The molecule has 0 saturated heterocycles. The summed E-state index contributed by atoms with van der Waals surface area (Å²) < 4.78 is 1.80. The Morgan fingerprint density at radius 1 is 1.15 bits per heavy atom. The van der Waals surface area contributed by atoms with E-state index in [0.29, 0.717) is 12.3 Å². The standard InChI is InChI=1S/C15H19N5/c1-15(2,3)11-6-4-10(5-7-11)13-18-14-17-12(8-16)9-20(14)19-13/h4-7,9H,8,16H2,1-3H3,(H,17,18,19). The topological polar surface area (TPSA) is 72.0 Å². The number of aromatic nitrogens is 4. The molecule has 0 amide bonds. The van der Waals surface area contributed by atoms with Gasteiger partial charge in [-0.3, -0.25) is 5.10 Å². The minimum absolute atomic E-state index is 0.159. The maximum absolute atomic E-state index is 5.56. The number of nitrogens with one attached hydrogen (secondary N) is 1. The van der Waals surface area contributed by atoms with Crippen LogP contribution in [0.3, 0.4) is 0 Å². The summed E-state index contributed by atoms with van der Waals surface area (Å²) in [6, 6.07) is 8.46. The van der Waals surface area contributed by atoms with Gasteiger partial charge in [-0.25, -0.2) is 9.50 Å². The third-order valence-corrected chi connectivity index (χ3v) is 3.41. The lowest BCUT2D eigenvalue weighted by Crippen LogP contribution is -2.10. The third-order valence-electron chi connectivity index (χ3n) is 3.41. The van der Waals surface area contributed by atoms with Gasteiger partial charge in [-0.2, -0.15) is 4.98 Å². The van der Waals surface area contributed by atoms with Crippen molar-refractivity contribution in [2.75, 3.05) is 0 Å². The van der Waals surface area contributed by atoms with Crippen molar-refractivity contribution in [2.45, 2.75) is 32.7 Å². The number of H-pyrrole nitrogens is 1. The lowest BCUT2D eigenvalue weighted by atomic mass is 9.87. The Kier molecular flexibility index (Phi) is 2.87. The molecule has 1 aromatic carbocycles. The van der Waals surface area contributed by atoms with Crippen molar-refractivity contribution < 1.29 is 0 Å². The second-order valence-electron chi connectivity index (χ2n) is 6.01. The van der Waals surface area contributed by atoms with Gasteiger partial charge in [0.1, 0.15) is 0 Å². The van der Waals surface area contributed by atoms with Gasteiger partial charge >= 0.3 is 0 Å². The highest BCUT2D eigenvalue weighted by atomic mass is 15.3. The van der Waals surface area contributed by atoms with E-state index in [9.17, 15) is 0 Å². The van der Waals surface area contributed by atoms with Gasteiger partial charge in [0, 0.05) is 12.1 Å². The lowest BCUT2D eigenvalue weighted by Gasteiger charge is -2.18. The fourth-order valence-corrected chi connectivity index (χ4v) is 2.17. The number of hydrogen-bond acceptors (Lipinski definition) is 3. The zero-order valence-electron chi connectivity index (χ0n) is 12.0. The van der Waals surface area contributed by atoms with Crippen molar-refractivity contribution >= 4 is 5.78 Å². The summed E-state index contributed by atoms with van der Waals surface area (Å²) in [6.07, 6.45) is 1.87. The number of fused-ring (bicyclic) bond motifs is 1. The van der Waals surface area contributed by atoms with Crippen LogP contribution in [0.25, 0.3) is 17.2 Å². The molecule has 104 valence electrons. The molecule has 3 aromatic rings. The normalized spacial score (nSPS) is 12.2. The van der Waals surface area contributed by atoms with Crippen LogP contribution >= 0.6 is 0 Å². The molecule has 3 rings (SSSR count). The number of imidazole rings is 1. The van der Waals surface area contributed by atoms with Gasteiger partial charge in [0.05, 0.1) is 11.9 Å². The zero-order valence-corrected chi connectivity index (χ0v) is 12.0. The van der Waals surface area contributed by atoms with E-state index in [1.54, 1.807) is 4.52 Å². The Bertz CT molecular complexity index is 696. The van der Waals surface area contributed by atoms with E-state index in [2.05, 4.69) is 60.1 Å². The summed E-state index contributed by atoms with van der Waals surface area (Å²) in [5.41, 5.74) is 8.91. The summed E-state index contributed by atoms with van der Waals surface area (Å²) in [5, 5.41) is 3.21. The quantitative estimate of drug-likeness (QED) is 0.750. The van der Waals surface area contributed by atoms with Crippen LogP contribution in [0.4, 0.5) is 0 Å². The largest absolute Gasteiger partial charge is 0.325 e. The fourth-order valence-electron chi connectivity index (χ4n) is 2.17. The molecule has 2 heterocycles. The Labute approximate surface area is 117 Å². The smallest absolute Gasteiger partial charge is 0.251 e. The Hall–Kier alpha value is -2.14. The highest BCUT2D eigenvalue weighted by Crippen LogP contribution is 2.25. The highest BCUT2D eigenvalue weighted by Gasteiger charge is 2.14. The van der Waals surface area contributed by atoms with E-state index in [-0.39, 0.29) is 5.41 Å². The molecule has 2 aromatic heterocycles. The van der Waals surface area contributed by atoms with Gasteiger partial charge in [0.2, 0.25) is 0 Å². The van der Waals surface area contributed by atoms with E-state index < -0.39 is 0 Å². The number of aromatic amines is 1. The molecule has 0 unspecified atom stereocenters. The van der Waals surface area contributed by atoms with Crippen LogP contribution in [0.15, 0.2) is 30.5 Å². The molecule has 0 fully saturated rings. The Balaban J connectivity index is 1.96. The first kappa shape index (κ1) is 12.9. The minimum Gasteiger partial charge on any atom is -0.325 e. The molecule has 20 heavy (non-hydrogen) atoms. The Morgan fingerprint density at radius 2 is 1.85 bits per heavy atom. The predicted molar refractivity (Wildman–Crippen MR) is 79.4 cm³/mol. The molecule has 5 nitrogen and oxygen atoms in total. The molecule has 0 aliphatic heterocycles. The number of nitrogens with zero attached hydrogens (tertiary/aromatic N) is 3. The Morgan fingerprint density at radius 3 is 2.40 bits per heavy atom. The lowest BCUT2D eigenvalue weighted by molar-refractivity contribution is 0.590. The van der Waals surface area contributed by atoms with E-state index in [0.717, 1.165) is 17.1 Å². The van der Waals surface area contributed by atoms with Crippen LogP contribution in [0.5, 0.6) is 0 Å². The average Bonchev–Trinajstić information content (AvgIpc) is 2.95. The van der Waals surface area contributed by atoms with Crippen molar-refractivity contribution in [2.24, 2.45) is 5.73 Å². The average molecular weight is 269 g/mol. The molecule has 0 aliphatic carbocycles. The fraction of sp³-hybridized carbons (Fsp3) is 0.333. The molecular weight excluding hydrogens is 250 g/mol. The third kappa shape index (κ3) is 2.20. The van der Waals surface area contributed by atoms with Crippen LogP contribution in [0.1, 0.15) is 32.0 Å². The van der Waals surface area contributed by atoms with Crippen LogP contribution in [0, 0.1) is 0 Å². The van der Waals surface area contributed by atoms with Gasteiger partial charge in [-0.15, -0.1) is 0 Å². The maximum atomic E-state index is 5.56. The van der Waals surface area contributed by atoms with Gasteiger partial charge in [0.25, 0.3) is 5.78 Å². The summed E-state index contributed by atoms with van der Waals surface area (Å²) in [7, 11) is 0. The number of hydrogen-bond donors (Lipinski definition) is 2. The minimum atomic E-state index is 0.159. The molecule has 5 heteroatoms.